The SMILES string of the molecule is CCCCc1ccc(Cl)c(N2CCc3ccccc32)c1N. The molecule has 3 heteroatoms. The van der Waals surface area contributed by atoms with Crippen molar-refractivity contribution in [2.45, 2.75) is 32.6 Å². The number of aryl methyl sites for hydroxylation is 1. The Labute approximate surface area is 131 Å². The Balaban J connectivity index is 2.03. The molecule has 0 spiro atoms. The monoisotopic (exact) mass is 300 g/mol. The molecule has 110 valence electrons. The first-order valence-electron chi connectivity index (χ1n) is 7.64. The summed E-state index contributed by atoms with van der Waals surface area (Å²) in [5.74, 6) is 0. The highest BCUT2D eigenvalue weighted by molar-refractivity contribution is 6.34. The van der Waals surface area contributed by atoms with E-state index in [2.05, 4.69) is 42.2 Å². The Morgan fingerprint density at radius 3 is 2.81 bits per heavy atom. The van der Waals surface area contributed by atoms with E-state index in [1.54, 1.807) is 0 Å². The lowest BCUT2D eigenvalue weighted by molar-refractivity contribution is 0.796. The number of fused-ring (bicyclic) bond motifs is 1. The van der Waals surface area contributed by atoms with Crippen molar-refractivity contribution in [1.29, 1.82) is 0 Å². The fourth-order valence-electron chi connectivity index (χ4n) is 3.05. The van der Waals surface area contributed by atoms with Crippen molar-refractivity contribution in [2.75, 3.05) is 17.2 Å². The summed E-state index contributed by atoms with van der Waals surface area (Å²) >= 11 is 6.46. The first-order valence-corrected chi connectivity index (χ1v) is 8.02. The van der Waals surface area contributed by atoms with Gasteiger partial charge in [0.25, 0.3) is 0 Å². The highest BCUT2D eigenvalue weighted by atomic mass is 35.5. The lowest BCUT2D eigenvalue weighted by Crippen LogP contribution is -2.16. The number of rotatable bonds is 4. The molecule has 0 aliphatic carbocycles. The number of nitrogen functional groups attached to an aromatic ring is 1. The Hall–Kier alpha value is -1.67. The highest BCUT2D eigenvalue weighted by Gasteiger charge is 2.24. The van der Waals surface area contributed by atoms with Gasteiger partial charge in [0.2, 0.25) is 0 Å². The van der Waals surface area contributed by atoms with Crippen LogP contribution in [-0.4, -0.2) is 6.54 Å². The summed E-state index contributed by atoms with van der Waals surface area (Å²) in [5.41, 5.74) is 12.1. The quantitative estimate of drug-likeness (QED) is 0.809. The first-order chi connectivity index (χ1) is 10.2. The molecule has 0 radical (unpaired) electrons. The molecule has 1 aliphatic rings. The van der Waals surface area contributed by atoms with Crippen LogP contribution in [0.3, 0.4) is 0 Å². The van der Waals surface area contributed by atoms with Crippen molar-refractivity contribution in [3.05, 3.63) is 52.5 Å². The van der Waals surface area contributed by atoms with E-state index >= 15 is 0 Å². The average Bonchev–Trinajstić information content (AvgIpc) is 2.91. The van der Waals surface area contributed by atoms with Crippen LogP contribution in [0.1, 0.15) is 30.9 Å². The molecule has 0 saturated carbocycles. The second-order valence-electron chi connectivity index (χ2n) is 5.60. The van der Waals surface area contributed by atoms with Gasteiger partial charge < -0.3 is 10.6 Å². The second-order valence-corrected chi connectivity index (χ2v) is 6.01. The Morgan fingerprint density at radius 2 is 2.00 bits per heavy atom. The van der Waals surface area contributed by atoms with Crippen molar-refractivity contribution in [3.63, 3.8) is 0 Å². The number of anilines is 3. The van der Waals surface area contributed by atoms with Gasteiger partial charge in [-0.3, -0.25) is 0 Å². The van der Waals surface area contributed by atoms with E-state index in [9.17, 15) is 0 Å². The summed E-state index contributed by atoms with van der Waals surface area (Å²) in [4.78, 5) is 2.27. The molecule has 2 aromatic rings. The predicted molar refractivity (Wildman–Crippen MR) is 91.6 cm³/mol. The topological polar surface area (TPSA) is 29.3 Å². The fourth-order valence-corrected chi connectivity index (χ4v) is 3.32. The van der Waals surface area contributed by atoms with Crippen molar-refractivity contribution < 1.29 is 0 Å². The number of para-hydroxylation sites is 1. The van der Waals surface area contributed by atoms with Crippen molar-refractivity contribution >= 4 is 28.7 Å². The maximum absolute atomic E-state index is 6.46. The van der Waals surface area contributed by atoms with E-state index in [-0.39, 0.29) is 0 Å². The van der Waals surface area contributed by atoms with E-state index in [1.165, 1.54) is 23.2 Å². The molecule has 2 N–H and O–H groups in total. The van der Waals surface area contributed by atoms with Gasteiger partial charge in [-0.2, -0.15) is 0 Å². The average molecular weight is 301 g/mol. The zero-order valence-electron chi connectivity index (χ0n) is 12.4. The number of halogens is 1. The Morgan fingerprint density at radius 1 is 1.19 bits per heavy atom. The van der Waals surface area contributed by atoms with Gasteiger partial charge >= 0.3 is 0 Å². The largest absolute Gasteiger partial charge is 0.397 e. The van der Waals surface area contributed by atoms with Gasteiger partial charge in [0.05, 0.1) is 16.4 Å². The summed E-state index contributed by atoms with van der Waals surface area (Å²) < 4.78 is 0. The second kappa shape index (κ2) is 5.98. The lowest BCUT2D eigenvalue weighted by Gasteiger charge is -2.24. The fraction of sp³-hybridized carbons (Fsp3) is 0.333. The van der Waals surface area contributed by atoms with E-state index in [0.717, 1.165) is 42.2 Å². The third-order valence-electron chi connectivity index (χ3n) is 4.21. The van der Waals surface area contributed by atoms with E-state index in [1.807, 2.05) is 6.07 Å². The third kappa shape index (κ3) is 2.60. The molecule has 0 fully saturated rings. The third-order valence-corrected chi connectivity index (χ3v) is 4.52. The minimum absolute atomic E-state index is 0.740. The van der Waals surface area contributed by atoms with Gasteiger partial charge in [0, 0.05) is 12.2 Å². The molecular formula is C18H21ClN2. The minimum atomic E-state index is 0.740. The van der Waals surface area contributed by atoms with Crippen LogP contribution in [0.2, 0.25) is 5.02 Å². The molecule has 2 nitrogen and oxygen atoms in total. The predicted octanol–water partition coefficient (Wildman–Crippen LogP) is 4.96. The van der Waals surface area contributed by atoms with E-state index < -0.39 is 0 Å². The van der Waals surface area contributed by atoms with Crippen LogP contribution in [0.15, 0.2) is 36.4 Å². The Kier molecular flexibility index (Phi) is 4.07. The number of unbranched alkanes of at least 4 members (excludes halogenated alkanes) is 1. The summed E-state index contributed by atoms with van der Waals surface area (Å²) in [6.07, 6.45) is 4.39. The molecule has 0 unspecified atom stereocenters. The van der Waals surface area contributed by atoms with Crippen molar-refractivity contribution in [1.82, 2.24) is 0 Å². The molecule has 3 rings (SSSR count). The normalized spacial score (nSPS) is 13.5. The molecular weight excluding hydrogens is 280 g/mol. The maximum Gasteiger partial charge on any atom is 0.0836 e. The molecule has 0 atom stereocenters. The lowest BCUT2D eigenvalue weighted by atomic mass is 10.0. The van der Waals surface area contributed by atoms with Crippen LogP contribution in [0, 0.1) is 0 Å². The van der Waals surface area contributed by atoms with Gasteiger partial charge in [-0.25, -0.2) is 0 Å². The number of nitrogens with two attached hydrogens (primary N) is 1. The summed E-state index contributed by atoms with van der Waals surface area (Å²) in [5, 5.41) is 0.740. The summed E-state index contributed by atoms with van der Waals surface area (Å²) in [7, 11) is 0. The standard InChI is InChI=1S/C18H21ClN2/c1-2-3-6-14-9-10-15(19)18(17(14)20)21-12-11-13-7-4-5-8-16(13)21/h4-5,7-10H,2-3,6,11-12,20H2,1H3. The first kappa shape index (κ1) is 14.3. The number of nitrogens with zero attached hydrogens (tertiary/aromatic N) is 1. The van der Waals surface area contributed by atoms with Gasteiger partial charge in [-0.05, 0) is 42.5 Å². The minimum Gasteiger partial charge on any atom is -0.397 e. The maximum atomic E-state index is 6.46. The number of benzene rings is 2. The van der Waals surface area contributed by atoms with Gasteiger partial charge in [0.1, 0.15) is 0 Å². The van der Waals surface area contributed by atoms with Crippen LogP contribution >= 0.6 is 11.6 Å². The summed E-state index contributed by atoms with van der Waals surface area (Å²) in [6.45, 7) is 3.14. The van der Waals surface area contributed by atoms with Gasteiger partial charge in [-0.15, -0.1) is 0 Å². The van der Waals surface area contributed by atoms with Crippen LogP contribution < -0.4 is 10.6 Å². The van der Waals surface area contributed by atoms with Crippen LogP contribution in [0.5, 0.6) is 0 Å². The van der Waals surface area contributed by atoms with Gasteiger partial charge in [0.15, 0.2) is 0 Å². The molecule has 0 bridgehead atoms. The van der Waals surface area contributed by atoms with E-state index in [0.29, 0.717) is 0 Å². The highest BCUT2D eigenvalue weighted by Crippen LogP contribution is 2.42. The zero-order chi connectivity index (χ0) is 14.8. The molecule has 0 aromatic heterocycles. The molecule has 1 heterocycles. The zero-order valence-corrected chi connectivity index (χ0v) is 13.2. The van der Waals surface area contributed by atoms with Crippen LogP contribution in [0.4, 0.5) is 17.1 Å². The van der Waals surface area contributed by atoms with Crippen LogP contribution in [-0.2, 0) is 12.8 Å². The Bertz CT molecular complexity index is 652. The number of hydrogen-bond donors (Lipinski definition) is 1. The molecule has 0 amide bonds. The molecule has 21 heavy (non-hydrogen) atoms. The summed E-state index contributed by atoms with van der Waals surface area (Å²) in [6, 6.07) is 12.5. The molecule has 0 saturated heterocycles. The van der Waals surface area contributed by atoms with Crippen molar-refractivity contribution in [3.8, 4) is 0 Å². The van der Waals surface area contributed by atoms with Crippen molar-refractivity contribution in [2.24, 2.45) is 0 Å². The molecule has 2 aromatic carbocycles. The molecule has 1 aliphatic heterocycles. The smallest absolute Gasteiger partial charge is 0.0836 e. The number of hydrogen-bond acceptors (Lipinski definition) is 2. The van der Waals surface area contributed by atoms with Crippen LogP contribution in [0.25, 0.3) is 0 Å². The van der Waals surface area contributed by atoms with Gasteiger partial charge in [-0.1, -0.05) is 49.2 Å². The van der Waals surface area contributed by atoms with E-state index in [4.69, 9.17) is 17.3 Å².